The minimum Gasteiger partial charge on any atom is -0.354 e. The number of anilines is 2. The van der Waals surface area contributed by atoms with Crippen LogP contribution in [0, 0.1) is 0 Å². The Kier molecular flexibility index (Phi) is 4.74. The molecular weight excluding hydrogens is 318 g/mol. The molecule has 1 amide bonds. The second kappa shape index (κ2) is 6.52. The minimum absolute atomic E-state index is 0.102. The number of halogens is 1. The van der Waals surface area contributed by atoms with Crippen molar-refractivity contribution in [2.75, 3.05) is 5.32 Å². The molecule has 0 saturated carbocycles. The van der Waals surface area contributed by atoms with Gasteiger partial charge in [-0.2, -0.15) is 0 Å². The lowest BCUT2D eigenvalue weighted by Gasteiger charge is -2.09. The van der Waals surface area contributed by atoms with Crippen molar-refractivity contribution < 1.29 is 4.79 Å². The van der Waals surface area contributed by atoms with Crippen LogP contribution in [0.2, 0.25) is 0 Å². The van der Waals surface area contributed by atoms with Crippen molar-refractivity contribution in [3.8, 4) is 0 Å². The third-order valence-corrected chi connectivity index (χ3v) is 3.08. The first-order valence-corrected chi connectivity index (χ1v) is 7.13. The molecule has 1 aromatic carbocycles. The van der Waals surface area contributed by atoms with E-state index in [9.17, 15) is 4.79 Å². The standard InChI is InChI=1S/C15H16BrN3O/c1-10(2)18-15(20)14-8-7-13(9-17-14)19-12-5-3-11(16)4-6-12/h3-10,19H,1-2H3,(H,18,20). The molecule has 0 aliphatic carbocycles. The summed E-state index contributed by atoms with van der Waals surface area (Å²) in [4.78, 5) is 15.9. The molecule has 0 spiro atoms. The van der Waals surface area contributed by atoms with Gasteiger partial charge in [-0.25, -0.2) is 4.98 Å². The van der Waals surface area contributed by atoms with Gasteiger partial charge in [0.15, 0.2) is 0 Å². The summed E-state index contributed by atoms with van der Waals surface area (Å²) in [7, 11) is 0. The van der Waals surface area contributed by atoms with Gasteiger partial charge in [-0.05, 0) is 50.2 Å². The van der Waals surface area contributed by atoms with Crippen molar-refractivity contribution in [2.24, 2.45) is 0 Å². The zero-order chi connectivity index (χ0) is 14.5. The quantitative estimate of drug-likeness (QED) is 0.896. The number of nitrogens with one attached hydrogen (secondary N) is 2. The van der Waals surface area contributed by atoms with E-state index in [2.05, 4.69) is 31.5 Å². The molecule has 0 aliphatic rings. The van der Waals surface area contributed by atoms with E-state index in [4.69, 9.17) is 0 Å². The monoisotopic (exact) mass is 333 g/mol. The largest absolute Gasteiger partial charge is 0.354 e. The highest BCUT2D eigenvalue weighted by Crippen LogP contribution is 2.18. The molecule has 2 aromatic rings. The molecule has 5 heteroatoms. The summed E-state index contributed by atoms with van der Waals surface area (Å²) in [5.41, 5.74) is 2.22. The number of carbonyl (C=O) groups excluding carboxylic acids is 1. The Morgan fingerprint density at radius 2 is 1.75 bits per heavy atom. The van der Waals surface area contributed by atoms with E-state index in [0.717, 1.165) is 15.8 Å². The molecule has 2 N–H and O–H groups in total. The third-order valence-electron chi connectivity index (χ3n) is 2.55. The summed E-state index contributed by atoms with van der Waals surface area (Å²) < 4.78 is 1.03. The van der Waals surface area contributed by atoms with E-state index in [1.165, 1.54) is 0 Å². The molecule has 0 saturated heterocycles. The Bertz CT molecular complexity index is 579. The van der Waals surface area contributed by atoms with E-state index < -0.39 is 0 Å². The number of carbonyl (C=O) groups is 1. The van der Waals surface area contributed by atoms with Gasteiger partial charge >= 0.3 is 0 Å². The predicted octanol–water partition coefficient (Wildman–Crippen LogP) is 3.73. The zero-order valence-electron chi connectivity index (χ0n) is 11.4. The number of hydrogen-bond acceptors (Lipinski definition) is 3. The molecule has 0 bridgehead atoms. The first kappa shape index (κ1) is 14.5. The van der Waals surface area contributed by atoms with E-state index in [0.29, 0.717) is 5.69 Å². The Morgan fingerprint density at radius 3 is 2.30 bits per heavy atom. The predicted molar refractivity (Wildman–Crippen MR) is 84.3 cm³/mol. The Morgan fingerprint density at radius 1 is 1.10 bits per heavy atom. The highest BCUT2D eigenvalue weighted by molar-refractivity contribution is 9.10. The number of amides is 1. The van der Waals surface area contributed by atoms with Gasteiger partial charge in [0.05, 0.1) is 11.9 Å². The lowest BCUT2D eigenvalue weighted by molar-refractivity contribution is 0.0938. The summed E-state index contributed by atoms with van der Waals surface area (Å²) in [6, 6.07) is 11.5. The average molecular weight is 334 g/mol. The van der Waals surface area contributed by atoms with Crippen LogP contribution >= 0.6 is 15.9 Å². The van der Waals surface area contributed by atoms with Gasteiger partial charge in [0, 0.05) is 16.2 Å². The van der Waals surface area contributed by atoms with Crippen LogP contribution in [0.25, 0.3) is 0 Å². The maximum absolute atomic E-state index is 11.8. The van der Waals surface area contributed by atoms with Crippen LogP contribution in [0.4, 0.5) is 11.4 Å². The van der Waals surface area contributed by atoms with Crippen molar-refractivity contribution in [3.05, 3.63) is 52.8 Å². The van der Waals surface area contributed by atoms with Crippen LogP contribution in [0.3, 0.4) is 0 Å². The fourth-order valence-corrected chi connectivity index (χ4v) is 1.90. The lowest BCUT2D eigenvalue weighted by Crippen LogP contribution is -2.30. The smallest absolute Gasteiger partial charge is 0.270 e. The molecule has 0 radical (unpaired) electrons. The fraction of sp³-hybridized carbons (Fsp3) is 0.200. The Hall–Kier alpha value is -1.88. The Balaban J connectivity index is 2.04. The van der Waals surface area contributed by atoms with E-state index in [1.54, 1.807) is 12.3 Å². The highest BCUT2D eigenvalue weighted by atomic mass is 79.9. The van der Waals surface area contributed by atoms with Gasteiger partial charge in [-0.3, -0.25) is 4.79 Å². The van der Waals surface area contributed by atoms with Gasteiger partial charge in [-0.15, -0.1) is 0 Å². The van der Waals surface area contributed by atoms with Crippen LogP contribution < -0.4 is 10.6 Å². The van der Waals surface area contributed by atoms with Gasteiger partial charge in [0.2, 0.25) is 0 Å². The van der Waals surface area contributed by atoms with Crippen LogP contribution in [0.15, 0.2) is 47.1 Å². The average Bonchev–Trinajstić information content (AvgIpc) is 2.41. The fourth-order valence-electron chi connectivity index (χ4n) is 1.64. The maximum atomic E-state index is 11.8. The molecule has 4 nitrogen and oxygen atoms in total. The van der Waals surface area contributed by atoms with Crippen molar-refractivity contribution in [1.82, 2.24) is 10.3 Å². The first-order chi connectivity index (χ1) is 9.54. The highest BCUT2D eigenvalue weighted by Gasteiger charge is 2.07. The van der Waals surface area contributed by atoms with Gasteiger partial charge in [0.25, 0.3) is 5.91 Å². The van der Waals surface area contributed by atoms with Crippen molar-refractivity contribution in [2.45, 2.75) is 19.9 Å². The maximum Gasteiger partial charge on any atom is 0.270 e. The van der Waals surface area contributed by atoms with Gasteiger partial charge < -0.3 is 10.6 Å². The van der Waals surface area contributed by atoms with Crippen molar-refractivity contribution >= 4 is 33.2 Å². The molecule has 2 rings (SSSR count). The molecule has 0 atom stereocenters. The molecular formula is C15H16BrN3O. The molecule has 0 fully saturated rings. The second-order valence-electron chi connectivity index (χ2n) is 4.69. The van der Waals surface area contributed by atoms with Crippen molar-refractivity contribution in [1.29, 1.82) is 0 Å². The molecule has 20 heavy (non-hydrogen) atoms. The number of pyridine rings is 1. The van der Waals surface area contributed by atoms with E-state index in [-0.39, 0.29) is 11.9 Å². The molecule has 1 aromatic heterocycles. The molecule has 0 unspecified atom stereocenters. The van der Waals surface area contributed by atoms with Gasteiger partial charge in [0.1, 0.15) is 5.69 Å². The number of hydrogen-bond donors (Lipinski definition) is 2. The van der Waals surface area contributed by atoms with Crippen molar-refractivity contribution in [3.63, 3.8) is 0 Å². The number of benzene rings is 1. The minimum atomic E-state index is -0.157. The van der Waals surface area contributed by atoms with Gasteiger partial charge in [-0.1, -0.05) is 15.9 Å². The zero-order valence-corrected chi connectivity index (χ0v) is 12.9. The van der Waals surface area contributed by atoms with Crippen LogP contribution in [-0.2, 0) is 0 Å². The summed E-state index contributed by atoms with van der Waals surface area (Å²) in [6.45, 7) is 3.84. The summed E-state index contributed by atoms with van der Waals surface area (Å²) >= 11 is 3.39. The normalized spacial score (nSPS) is 10.4. The SMILES string of the molecule is CC(C)NC(=O)c1ccc(Nc2ccc(Br)cc2)cn1. The summed E-state index contributed by atoms with van der Waals surface area (Å²) in [6.07, 6.45) is 1.65. The Labute approximate surface area is 126 Å². The summed E-state index contributed by atoms with van der Waals surface area (Å²) in [5.74, 6) is -0.157. The molecule has 104 valence electrons. The topological polar surface area (TPSA) is 54.0 Å². The first-order valence-electron chi connectivity index (χ1n) is 6.34. The lowest BCUT2D eigenvalue weighted by atomic mass is 10.2. The van der Waals surface area contributed by atoms with Crippen LogP contribution in [0.1, 0.15) is 24.3 Å². The number of nitrogens with zero attached hydrogens (tertiary/aromatic N) is 1. The molecule has 0 aliphatic heterocycles. The van der Waals surface area contributed by atoms with Crippen LogP contribution in [-0.4, -0.2) is 16.9 Å². The summed E-state index contributed by atoms with van der Waals surface area (Å²) in [5, 5.41) is 6.03. The number of rotatable bonds is 4. The van der Waals surface area contributed by atoms with E-state index >= 15 is 0 Å². The second-order valence-corrected chi connectivity index (χ2v) is 5.61. The molecule has 1 heterocycles. The number of aromatic nitrogens is 1. The third kappa shape index (κ3) is 4.06. The van der Waals surface area contributed by atoms with E-state index in [1.807, 2.05) is 44.2 Å². The van der Waals surface area contributed by atoms with Crippen LogP contribution in [0.5, 0.6) is 0 Å².